The molecule has 0 saturated carbocycles. The maximum atomic E-state index is 12.3. The van der Waals surface area contributed by atoms with Crippen LogP contribution in [0.25, 0.3) is 0 Å². The second-order valence-corrected chi connectivity index (χ2v) is 6.27. The summed E-state index contributed by atoms with van der Waals surface area (Å²) in [7, 11) is -3.68. The van der Waals surface area contributed by atoms with Crippen LogP contribution in [0, 0.1) is 0 Å². The van der Waals surface area contributed by atoms with Crippen LogP contribution < -0.4 is 10.0 Å². The second-order valence-electron chi connectivity index (χ2n) is 4.62. The van der Waals surface area contributed by atoms with Crippen molar-refractivity contribution in [1.82, 2.24) is 15.0 Å². The van der Waals surface area contributed by atoms with Crippen molar-refractivity contribution in [2.45, 2.75) is 31.5 Å². The lowest BCUT2D eigenvalue weighted by Crippen LogP contribution is -2.26. The van der Waals surface area contributed by atoms with Gasteiger partial charge in [-0.15, -0.1) is 0 Å². The first-order valence-corrected chi connectivity index (χ1v) is 8.23. The van der Waals surface area contributed by atoms with Crippen molar-refractivity contribution >= 4 is 10.0 Å². The van der Waals surface area contributed by atoms with Gasteiger partial charge in [0.1, 0.15) is 5.76 Å². The number of sulfonamides is 1. The van der Waals surface area contributed by atoms with Crippen molar-refractivity contribution in [3.63, 3.8) is 0 Å². The van der Waals surface area contributed by atoms with Gasteiger partial charge in [-0.3, -0.25) is 4.98 Å². The molecule has 0 aliphatic rings. The first-order chi connectivity index (χ1) is 10.0. The van der Waals surface area contributed by atoms with Crippen LogP contribution in [0.2, 0.25) is 0 Å². The van der Waals surface area contributed by atoms with Gasteiger partial charge in [0.05, 0.1) is 6.54 Å². The SMILES string of the molecule is CCNCc1ccc(S(=O)(=O)NC(C)c2ccncc2)o1. The van der Waals surface area contributed by atoms with Gasteiger partial charge in [-0.1, -0.05) is 6.92 Å². The number of hydrogen-bond acceptors (Lipinski definition) is 5. The molecular weight excluding hydrogens is 290 g/mol. The maximum absolute atomic E-state index is 12.3. The van der Waals surface area contributed by atoms with Gasteiger partial charge < -0.3 is 9.73 Å². The van der Waals surface area contributed by atoms with E-state index >= 15 is 0 Å². The Hall–Kier alpha value is -1.70. The zero-order chi connectivity index (χ0) is 15.3. The molecule has 0 fully saturated rings. The fourth-order valence-corrected chi connectivity index (χ4v) is 3.04. The number of nitrogens with zero attached hydrogens (tertiary/aromatic N) is 1. The van der Waals surface area contributed by atoms with Gasteiger partial charge in [-0.2, -0.15) is 0 Å². The first-order valence-electron chi connectivity index (χ1n) is 6.74. The van der Waals surface area contributed by atoms with Crippen LogP contribution in [0.1, 0.15) is 31.2 Å². The molecule has 2 rings (SSSR count). The zero-order valence-corrected chi connectivity index (χ0v) is 12.9. The van der Waals surface area contributed by atoms with Crippen LogP contribution in [0.5, 0.6) is 0 Å². The minimum Gasteiger partial charge on any atom is -0.447 e. The summed E-state index contributed by atoms with van der Waals surface area (Å²) in [5.74, 6) is 0.591. The van der Waals surface area contributed by atoms with E-state index in [4.69, 9.17) is 4.42 Å². The Morgan fingerprint density at radius 1 is 1.24 bits per heavy atom. The molecule has 2 aromatic heterocycles. The summed E-state index contributed by atoms with van der Waals surface area (Å²) in [6.07, 6.45) is 3.25. The number of nitrogens with one attached hydrogen (secondary N) is 2. The monoisotopic (exact) mass is 309 g/mol. The van der Waals surface area contributed by atoms with Crippen LogP contribution in [-0.2, 0) is 16.6 Å². The Bertz CT molecular complexity index is 668. The highest BCUT2D eigenvalue weighted by Crippen LogP contribution is 2.18. The lowest BCUT2D eigenvalue weighted by atomic mass is 10.1. The predicted molar refractivity (Wildman–Crippen MR) is 79.1 cm³/mol. The quantitative estimate of drug-likeness (QED) is 0.815. The highest BCUT2D eigenvalue weighted by Gasteiger charge is 2.21. The molecule has 0 spiro atoms. The summed E-state index contributed by atoms with van der Waals surface area (Å²) >= 11 is 0. The third-order valence-corrected chi connectivity index (χ3v) is 4.40. The van der Waals surface area contributed by atoms with Gasteiger partial charge in [0.2, 0.25) is 5.09 Å². The molecule has 0 aliphatic heterocycles. The fraction of sp³-hybridized carbons (Fsp3) is 0.357. The van der Waals surface area contributed by atoms with Gasteiger partial charge in [-0.25, -0.2) is 13.1 Å². The van der Waals surface area contributed by atoms with Crippen LogP contribution in [0.3, 0.4) is 0 Å². The van der Waals surface area contributed by atoms with E-state index in [1.807, 2.05) is 6.92 Å². The molecule has 1 atom stereocenters. The molecule has 21 heavy (non-hydrogen) atoms. The van der Waals surface area contributed by atoms with Crippen LogP contribution in [0.4, 0.5) is 0 Å². The minimum atomic E-state index is -3.68. The van der Waals surface area contributed by atoms with Crippen molar-refractivity contribution in [3.8, 4) is 0 Å². The molecule has 0 amide bonds. The fourth-order valence-electron chi connectivity index (χ4n) is 1.86. The third kappa shape index (κ3) is 4.13. The number of pyridine rings is 1. The van der Waals surface area contributed by atoms with Gasteiger partial charge in [0, 0.05) is 18.4 Å². The molecule has 0 radical (unpaired) electrons. The number of rotatable bonds is 7. The largest absolute Gasteiger partial charge is 0.447 e. The summed E-state index contributed by atoms with van der Waals surface area (Å²) in [6, 6.07) is 6.31. The molecule has 7 heteroatoms. The number of furan rings is 1. The van der Waals surface area contributed by atoms with E-state index < -0.39 is 10.0 Å². The summed E-state index contributed by atoms with van der Waals surface area (Å²) in [5, 5.41) is 3.01. The molecular formula is C14H19N3O3S. The van der Waals surface area contributed by atoms with E-state index in [1.165, 1.54) is 6.07 Å². The Labute approximate surface area is 124 Å². The second kappa shape index (κ2) is 6.84. The van der Waals surface area contributed by atoms with Crippen molar-refractivity contribution in [1.29, 1.82) is 0 Å². The Morgan fingerprint density at radius 3 is 2.62 bits per heavy atom. The summed E-state index contributed by atoms with van der Waals surface area (Å²) in [6.45, 7) is 5.04. The van der Waals surface area contributed by atoms with Crippen molar-refractivity contribution in [3.05, 3.63) is 48.0 Å². The smallest absolute Gasteiger partial charge is 0.274 e. The standard InChI is InChI=1S/C14H19N3O3S/c1-3-15-10-13-4-5-14(20-13)21(18,19)17-11(2)12-6-8-16-9-7-12/h4-9,11,15,17H,3,10H2,1-2H3. The van der Waals surface area contributed by atoms with Crippen molar-refractivity contribution < 1.29 is 12.8 Å². The van der Waals surface area contributed by atoms with Gasteiger partial charge in [-0.05, 0) is 43.3 Å². The maximum Gasteiger partial charge on any atom is 0.274 e. The minimum absolute atomic E-state index is 0.0729. The Balaban J connectivity index is 2.09. The normalized spacial score (nSPS) is 13.2. The van der Waals surface area contributed by atoms with E-state index in [1.54, 1.807) is 37.5 Å². The molecule has 2 heterocycles. The number of aromatic nitrogens is 1. The summed E-state index contributed by atoms with van der Waals surface area (Å²) < 4.78 is 32.5. The molecule has 0 saturated heterocycles. The van der Waals surface area contributed by atoms with Crippen molar-refractivity contribution in [2.75, 3.05) is 6.54 Å². The molecule has 1 unspecified atom stereocenters. The topological polar surface area (TPSA) is 84.2 Å². The van der Waals surface area contributed by atoms with E-state index in [9.17, 15) is 8.42 Å². The van der Waals surface area contributed by atoms with E-state index in [0.717, 1.165) is 12.1 Å². The molecule has 2 aromatic rings. The molecule has 0 aromatic carbocycles. The lowest BCUT2D eigenvalue weighted by molar-refractivity contribution is 0.400. The van der Waals surface area contributed by atoms with Crippen LogP contribution in [0.15, 0.2) is 46.2 Å². The van der Waals surface area contributed by atoms with Crippen LogP contribution in [-0.4, -0.2) is 19.9 Å². The third-order valence-electron chi connectivity index (χ3n) is 2.99. The average Bonchev–Trinajstić information content (AvgIpc) is 2.95. The van der Waals surface area contributed by atoms with Gasteiger partial charge >= 0.3 is 0 Å². The summed E-state index contributed by atoms with van der Waals surface area (Å²) in [5.41, 5.74) is 0.841. The molecule has 0 bridgehead atoms. The molecule has 6 nitrogen and oxygen atoms in total. The van der Waals surface area contributed by atoms with E-state index in [2.05, 4.69) is 15.0 Å². The van der Waals surface area contributed by atoms with Crippen molar-refractivity contribution in [2.24, 2.45) is 0 Å². The summed E-state index contributed by atoms with van der Waals surface area (Å²) in [4.78, 5) is 3.91. The van der Waals surface area contributed by atoms with Gasteiger partial charge in [0.15, 0.2) is 0 Å². The molecule has 2 N–H and O–H groups in total. The first kappa shape index (κ1) is 15.7. The molecule has 0 aliphatic carbocycles. The average molecular weight is 309 g/mol. The molecule has 114 valence electrons. The predicted octanol–water partition coefficient (Wildman–Crippen LogP) is 1.82. The number of hydrogen-bond donors (Lipinski definition) is 2. The van der Waals surface area contributed by atoms with Gasteiger partial charge in [0.25, 0.3) is 10.0 Å². The highest BCUT2D eigenvalue weighted by molar-refractivity contribution is 7.89. The Morgan fingerprint density at radius 2 is 1.95 bits per heavy atom. The highest BCUT2D eigenvalue weighted by atomic mass is 32.2. The van der Waals surface area contributed by atoms with E-state index in [0.29, 0.717) is 12.3 Å². The van der Waals surface area contributed by atoms with Crippen LogP contribution >= 0.6 is 0 Å². The van der Waals surface area contributed by atoms with E-state index in [-0.39, 0.29) is 11.1 Å². The lowest BCUT2D eigenvalue weighted by Gasteiger charge is -2.12. The Kier molecular flexibility index (Phi) is 5.11. The zero-order valence-electron chi connectivity index (χ0n) is 12.0.